The molecule has 2 bridgehead atoms. The van der Waals surface area contributed by atoms with E-state index in [4.69, 9.17) is 10.8 Å². The summed E-state index contributed by atoms with van der Waals surface area (Å²) in [5, 5.41) is 18.4. The predicted molar refractivity (Wildman–Crippen MR) is 113 cm³/mol. The van der Waals surface area contributed by atoms with Crippen LogP contribution in [0.1, 0.15) is 48.1 Å². The first-order valence-corrected chi connectivity index (χ1v) is 11.2. The van der Waals surface area contributed by atoms with Gasteiger partial charge in [0, 0.05) is 25.2 Å². The molecule has 0 radical (unpaired) electrons. The summed E-state index contributed by atoms with van der Waals surface area (Å²) in [6.45, 7) is 2.92. The number of benzene rings is 1. The Balaban J connectivity index is 1.22. The number of hydrogen-bond acceptors (Lipinski definition) is 6. The zero-order valence-electron chi connectivity index (χ0n) is 17.9. The van der Waals surface area contributed by atoms with Crippen molar-refractivity contribution in [3.8, 4) is 6.07 Å². The Labute approximate surface area is 186 Å². The molecule has 3 saturated heterocycles. The van der Waals surface area contributed by atoms with Crippen LogP contribution in [0.25, 0.3) is 0 Å². The van der Waals surface area contributed by atoms with Gasteiger partial charge < -0.3 is 20.6 Å². The third-order valence-electron chi connectivity index (χ3n) is 7.63. The molecule has 168 valence electrons. The zero-order chi connectivity index (χ0) is 22.7. The van der Waals surface area contributed by atoms with Crippen molar-refractivity contribution in [1.82, 2.24) is 14.7 Å². The number of fused-ring (bicyclic) bond motifs is 3. The molecule has 1 aromatic rings. The summed E-state index contributed by atoms with van der Waals surface area (Å²) in [7, 11) is 0. The van der Waals surface area contributed by atoms with Gasteiger partial charge >= 0.3 is 5.97 Å². The van der Waals surface area contributed by atoms with Crippen LogP contribution in [0.4, 0.5) is 0 Å². The Morgan fingerprint density at radius 3 is 2.59 bits per heavy atom. The van der Waals surface area contributed by atoms with Gasteiger partial charge in [0.15, 0.2) is 0 Å². The van der Waals surface area contributed by atoms with E-state index in [1.54, 1.807) is 29.2 Å². The van der Waals surface area contributed by atoms with Crippen LogP contribution in [-0.4, -0.2) is 80.9 Å². The summed E-state index contributed by atoms with van der Waals surface area (Å²) in [5.41, 5.74) is 7.37. The first-order chi connectivity index (χ1) is 15.3. The second kappa shape index (κ2) is 7.57. The number of carbonyl (C=O) groups excluding carboxylic acids is 2. The minimum atomic E-state index is -0.978. The van der Waals surface area contributed by atoms with E-state index in [0.717, 1.165) is 18.4 Å². The van der Waals surface area contributed by atoms with Crippen LogP contribution in [-0.2, 0) is 9.59 Å². The number of likely N-dealkylation sites (tertiary alicyclic amines) is 3. The average molecular weight is 438 g/mol. The number of carboxylic acids is 1. The van der Waals surface area contributed by atoms with Crippen LogP contribution in [0.2, 0.25) is 0 Å². The van der Waals surface area contributed by atoms with Crippen LogP contribution in [0.15, 0.2) is 24.3 Å². The number of carbonyl (C=O) groups is 3. The van der Waals surface area contributed by atoms with E-state index in [1.165, 1.54) is 0 Å². The molecule has 5 rings (SSSR count). The van der Waals surface area contributed by atoms with Gasteiger partial charge in [-0.1, -0.05) is 12.1 Å². The smallest absolute Gasteiger partial charge is 0.335 e. The monoisotopic (exact) mass is 437 g/mol. The molecule has 4 fully saturated rings. The molecule has 1 aliphatic carbocycles. The minimum Gasteiger partial charge on any atom is -0.478 e. The third-order valence-corrected chi connectivity index (χ3v) is 7.63. The maximum Gasteiger partial charge on any atom is 0.335 e. The van der Waals surface area contributed by atoms with Gasteiger partial charge in [-0.3, -0.25) is 14.5 Å². The van der Waals surface area contributed by atoms with Crippen LogP contribution in [0, 0.1) is 17.2 Å². The second-order valence-corrected chi connectivity index (χ2v) is 9.50. The fourth-order valence-corrected chi connectivity index (χ4v) is 5.87. The molecule has 32 heavy (non-hydrogen) atoms. The Morgan fingerprint density at radius 2 is 1.97 bits per heavy atom. The molecule has 3 heterocycles. The molecule has 4 aliphatic rings. The van der Waals surface area contributed by atoms with E-state index in [2.05, 4.69) is 6.07 Å². The van der Waals surface area contributed by atoms with Gasteiger partial charge in [-0.25, -0.2) is 4.79 Å². The van der Waals surface area contributed by atoms with Crippen LogP contribution in [0.3, 0.4) is 0 Å². The quantitative estimate of drug-likeness (QED) is 0.665. The number of amides is 2. The van der Waals surface area contributed by atoms with Crippen molar-refractivity contribution >= 4 is 17.8 Å². The van der Waals surface area contributed by atoms with Crippen molar-refractivity contribution in [2.45, 2.75) is 62.4 Å². The number of aromatic carboxylic acids is 1. The predicted octanol–water partition coefficient (Wildman–Crippen LogP) is 0.571. The van der Waals surface area contributed by atoms with Gasteiger partial charge in [-0.05, 0) is 49.8 Å². The van der Waals surface area contributed by atoms with E-state index in [9.17, 15) is 19.6 Å². The molecule has 1 saturated carbocycles. The third kappa shape index (κ3) is 3.26. The molecule has 7 atom stereocenters. The first kappa shape index (κ1) is 20.9. The molecular formula is C23H27N5O4. The normalized spacial score (nSPS) is 32.5. The van der Waals surface area contributed by atoms with Gasteiger partial charge in [0.1, 0.15) is 6.04 Å². The van der Waals surface area contributed by atoms with Gasteiger partial charge in [0.05, 0.1) is 29.8 Å². The number of nitrogens with zero attached hydrogens (tertiary/aromatic N) is 4. The number of carboxylic acid groups (broad SMARTS) is 1. The van der Waals surface area contributed by atoms with Gasteiger partial charge in [-0.15, -0.1) is 0 Å². The second-order valence-electron chi connectivity index (χ2n) is 9.50. The van der Waals surface area contributed by atoms with E-state index in [0.29, 0.717) is 25.4 Å². The molecule has 3 N–H and O–H groups in total. The highest BCUT2D eigenvalue weighted by molar-refractivity contribution is 5.88. The highest BCUT2D eigenvalue weighted by atomic mass is 16.4. The topological polar surface area (TPSA) is 131 Å². The first-order valence-electron chi connectivity index (χ1n) is 11.2. The highest BCUT2D eigenvalue weighted by Gasteiger charge is 2.56. The van der Waals surface area contributed by atoms with Gasteiger partial charge in [-0.2, -0.15) is 5.26 Å². The van der Waals surface area contributed by atoms with Crippen LogP contribution < -0.4 is 5.73 Å². The van der Waals surface area contributed by atoms with Crippen LogP contribution >= 0.6 is 0 Å². The van der Waals surface area contributed by atoms with E-state index in [1.807, 2.05) is 16.7 Å². The van der Waals surface area contributed by atoms with Gasteiger partial charge in [0.25, 0.3) is 0 Å². The lowest BCUT2D eigenvalue weighted by Crippen LogP contribution is -2.57. The summed E-state index contributed by atoms with van der Waals surface area (Å²) in [4.78, 5) is 42.7. The standard InChI is InChI=1S/C23H27N5O4/c1-12(13-2-4-14(5-3-13)23(31)32)27-17-8-20(22(27)30)26(10-17)11-18(25)21(29)28-16(9-24)6-15-7-19(15)28/h2-5,12,15-20H,6-8,10-11,25H2,1H3,(H,31,32)/t12-,15+,16-,17-,18-,19?,20-/m0/s1. The molecule has 9 nitrogen and oxygen atoms in total. The minimum absolute atomic E-state index is 0.0223. The van der Waals surface area contributed by atoms with E-state index >= 15 is 0 Å². The number of nitrogens with two attached hydrogens (primary N) is 1. The Hall–Kier alpha value is -2.96. The van der Waals surface area contributed by atoms with Crippen molar-refractivity contribution in [2.75, 3.05) is 13.1 Å². The summed E-state index contributed by atoms with van der Waals surface area (Å²) in [6, 6.07) is 7.48. The Bertz CT molecular complexity index is 1000. The van der Waals surface area contributed by atoms with E-state index < -0.39 is 12.0 Å². The lowest BCUT2D eigenvalue weighted by Gasteiger charge is -2.38. The Morgan fingerprint density at radius 1 is 1.25 bits per heavy atom. The largest absolute Gasteiger partial charge is 0.478 e. The highest BCUT2D eigenvalue weighted by Crippen LogP contribution is 2.48. The lowest BCUT2D eigenvalue weighted by atomic mass is 10.0. The molecule has 3 aliphatic heterocycles. The average Bonchev–Trinajstić information content (AvgIpc) is 3.11. The maximum absolute atomic E-state index is 13.1. The van der Waals surface area contributed by atoms with E-state index in [-0.39, 0.29) is 47.6 Å². The Kier molecular flexibility index (Phi) is 4.95. The number of piperidine rings is 1. The number of piperazine rings is 1. The zero-order valence-corrected chi connectivity index (χ0v) is 17.9. The number of hydrogen-bond donors (Lipinski definition) is 2. The van der Waals surface area contributed by atoms with Crippen molar-refractivity contribution in [3.05, 3.63) is 35.4 Å². The van der Waals surface area contributed by atoms with Crippen molar-refractivity contribution in [3.63, 3.8) is 0 Å². The van der Waals surface area contributed by atoms with Crippen molar-refractivity contribution in [2.24, 2.45) is 11.7 Å². The lowest BCUT2D eigenvalue weighted by molar-refractivity contribution is -0.141. The SMILES string of the molecule is C[C@@H](c1ccc(C(=O)O)cc1)N1C(=O)[C@@H]2C[C@H]1CN2C[C@H](N)C(=O)N1C2C[C@H]2C[C@H]1C#N. The number of nitriles is 1. The molecule has 1 aromatic carbocycles. The molecule has 2 amide bonds. The molecular weight excluding hydrogens is 410 g/mol. The van der Waals surface area contributed by atoms with Gasteiger partial charge in [0.2, 0.25) is 11.8 Å². The molecule has 0 spiro atoms. The van der Waals surface area contributed by atoms with Crippen molar-refractivity contribution < 1.29 is 19.5 Å². The molecule has 9 heteroatoms. The summed E-state index contributed by atoms with van der Waals surface area (Å²) < 4.78 is 0. The maximum atomic E-state index is 13.1. The van der Waals surface area contributed by atoms with Crippen LogP contribution in [0.5, 0.6) is 0 Å². The molecule has 1 unspecified atom stereocenters. The molecule has 0 aromatic heterocycles. The fraction of sp³-hybridized carbons (Fsp3) is 0.565. The fourth-order valence-electron chi connectivity index (χ4n) is 5.87. The number of rotatable bonds is 6. The summed E-state index contributed by atoms with van der Waals surface area (Å²) in [6.07, 6.45) is 2.41. The van der Waals surface area contributed by atoms with Crippen molar-refractivity contribution in [1.29, 1.82) is 5.26 Å². The summed E-state index contributed by atoms with van der Waals surface area (Å²) in [5.74, 6) is -0.691. The summed E-state index contributed by atoms with van der Waals surface area (Å²) >= 11 is 0.